The SMILES string of the molecule is Cc1cc2ccccc2cc1-c1ccnc(-c2[c-]ccc3c2oc2c4ccccc4ccc32)c1.[Ir].[c-]1ccccc1-c1ccccn1. The summed E-state index contributed by atoms with van der Waals surface area (Å²) in [4.78, 5) is 8.94. The first-order valence-corrected chi connectivity index (χ1v) is 15.3. The average molecular weight is 781 g/mol. The third-order valence-electron chi connectivity index (χ3n) is 8.39. The number of nitrogens with zero attached hydrogens (tertiary/aromatic N) is 2. The summed E-state index contributed by atoms with van der Waals surface area (Å²) in [5.74, 6) is 0. The summed E-state index contributed by atoms with van der Waals surface area (Å²) in [5, 5.41) is 6.99. The van der Waals surface area contributed by atoms with E-state index in [0.717, 1.165) is 55.4 Å². The van der Waals surface area contributed by atoms with Crippen molar-refractivity contribution in [3.8, 4) is 33.6 Å². The number of rotatable bonds is 3. The normalized spacial score (nSPS) is 10.9. The van der Waals surface area contributed by atoms with E-state index in [4.69, 9.17) is 9.40 Å². The Bertz CT molecular complexity index is 2450. The molecular formula is C43H28IrN2O-2. The monoisotopic (exact) mass is 781 g/mol. The second-order valence-electron chi connectivity index (χ2n) is 11.3. The van der Waals surface area contributed by atoms with E-state index in [1.807, 2.05) is 54.7 Å². The number of hydrogen-bond acceptors (Lipinski definition) is 3. The Hall–Kier alpha value is -5.41. The molecule has 0 fully saturated rings. The Morgan fingerprint density at radius 3 is 2.09 bits per heavy atom. The molecule has 0 saturated carbocycles. The van der Waals surface area contributed by atoms with Crippen LogP contribution in [0, 0.1) is 19.1 Å². The minimum absolute atomic E-state index is 0. The van der Waals surface area contributed by atoms with Crippen LogP contribution in [0.3, 0.4) is 0 Å². The number of hydrogen-bond donors (Lipinski definition) is 0. The van der Waals surface area contributed by atoms with Crippen LogP contribution in [0.4, 0.5) is 0 Å². The number of furan rings is 1. The van der Waals surface area contributed by atoms with Gasteiger partial charge < -0.3 is 14.4 Å². The van der Waals surface area contributed by atoms with Gasteiger partial charge in [0.25, 0.3) is 0 Å². The maximum absolute atomic E-state index is 6.51. The minimum Gasteiger partial charge on any atom is -0.500 e. The fraction of sp³-hybridized carbons (Fsp3) is 0.0233. The molecule has 227 valence electrons. The Morgan fingerprint density at radius 2 is 1.28 bits per heavy atom. The van der Waals surface area contributed by atoms with Gasteiger partial charge in [0.2, 0.25) is 0 Å². The van der Waals surface area contributed by atoms with E-state index in [9.17, 15) is 0 Å². The molecule has 0 N–H and O–H groups in total. The molecule has 4 heteroatoms. The van der Waals surface area contributed by atoms with Crippen LogP contribution < -0.4 is 0 Å². The van der Waals surface area contributed by atoms with Crippen LogP contribution in [0.2, 0.25) is 0 Å². The van der Waals surface area contributed by atoms with Crippen molar-refractivity contribution in [3.05, 3.63) is 170 Å². The van der Waals surface area contributed by atoms with E-state index < -0.39 is 0 Å². The average Bonchev–Trinajstić information content (AvgIpc) is 3.52. The predicted octanol–water partition coefficient (Wildman–Crippen LogP) is 11.3. The molecule has 0 aliphatic carbocycles. The van der Waals surface area contributed by atoms with Crippen molar-refractivity contribution in [3.63, 3.8) is 0 Å². The van der Waals surface area contributed by atoms with Crippen molar-refractivity contribution in [2.24, 2.45) is 0 Å². The number of aromatic nitrogens is 2. The molecule has 0 aliphatic heterocycles. The molecule has 0 saturated heterocycles. The van der Waals surface area contributed by atoms with Crippen LogP contribution in [-0.2, 0) is 20.1 Å². The summed E-state index contributed by atoms with van der Waals surface area (Å²) in [6.45, 7) is 2.17. The van der Waals surface area contributed by atoms with E-state index in [-0.39, 0.29) is 20.1 Å². The largest absolute Gasteiger partial charge is 0.500 e. The Balaban J connectivity index is 0.000000228. The first kappa shape index (κ1) is 30.3. The van der Waals surface area contributed by atoms with Gasteiger partial charge in [0, 0.05) is 43.3 Å². The van der Waals surface area contributed by atoms with E-state index in [1.54, 1.807) is 6.20 Å². The van der Waals surface area contributed by atoms with Crippen LogP contribution in [-0.4, -0.2) is 9.97 Å². The Labute approximate surface area is 286 Å². The third-order valence-corrected chi connectivity index (χ3v) is 8.39. The van der Waals surface area contributed by atoms with Crippen LogP contribution >= 0.6 is 0 Å². The first-order chi connectivity index (χ1) is 22.7. The van der Waals surface area contributed by atoms with Gasteiger partial charge in [0.05, 0.1) is 5.58 Å². The molecule has 0 bridgehead atoms. The van der Waals surface area contributed by atoms with Gasteiger partial charge in [-0.1, -0.05) is 95.9 Å². The van der Waals surface area contributed by atoms with E-state index in [1.165, 1.54) is 27.3 Å². The minimum atomic E-state index is 0. The summed E-state index contributed by atoms with van der Waals surface area (Å²) in [6, 6.07) is 54.1. The van der Waals surface area contributed by atoms with Gasteiger partial charge >= 0.3 is 0 Å². The van der Waals surface area contributed by atoms with Crippen LogP contribution in [0.5, 0.6) is 0 Å². The predicted molar refractivity (Wildman–Crippen MR) is 189 cm³/mol. The Kier molecular flexibility index (Phi) is 8.46. The fourth-order valence-electron chi connectivity index (χ4n) is 6.13. The third kappa shape index (κ3) is 5.86. The topological polar surface area (TPSA) is 38.9 Å². The van der Waals surface area contributed by atoms with Gasteiger partial charge in [0.1, 0.15) is 5.58 Å². The van der Waals surface area contributed by atoms with Gasteiger partial charge in [-0.25, -0.2) is 0 Å². The molecule has 6 aromatic carbocycles. The quantitative estimate of drug-likeness (QED) is 0.168. The number of pyridine rings is 2. The van der Waals surface area contributed by atoms with Crippen LogP contribution in [0.1, 0.15) is 5.56 Å². The van der Waals surface area contributed by atoms with Gasteiger partial charge in [-0.05, 0) is 69.4 Å². The molecule has 0 amide bonds. The summed E-state index contributed by atoms with van der Waals surface area (Å²) in [7, 11) is 0. The van der Waals surface area contributed by atoms with Gasteiger partial charge in [-0.2, -0.15) is 0 Å². The maximum Gasteiger partial charge on any atom is 0.128 e. The molecule has 3 heterocycles. The Morgan fingerprint density at radius 1 is 0.532 bits per heavy atom. The van der Waals surface area contributed by atoms with Crippen molar-refractivity contribution >= 4 is 43.5 Å². The number of benzene rings is 6. The van der Waals surface area contributed by atoms with E-state index in [0.29, 0.717) is 0 Å². The maximum atomic E-state index is 6.51. The summed E-state index contributed by atoms with van der Waals surface area (Å²) in [6.07, 6.45) is 3.67. The van der Waals surface area contributed by atoms with Gasteiger partial charge in [-0.3, -0.25) is 0 Å². The molecular weight excluding hydrogens is 753 g/mol. The second-order valence-corrected chi connectivity index (χ2v) is 11.3. The molecule has 0 spiro atoms. The zero-order valence-corrected chi connectivity index (χ0v) is 28.0. The molecule has 1 radical (unpaired) electrons. The molecule has 9 rings (SSSR count). The summed E-state index contributed by atoms with van der Waals surface area (Å²) >= 11 is 0. The number of fused-ring (bicyclic) bond motifs is 6. The molecule has 0 unspecified atom stereocenters. The smallest absolute Gasteiger partial charge is 0.128 e. The van der Waals surface area contributed by atoms with Gasteiger partial charge in [-0.15, -0.1) is 54.1 Å². The molecule has 3 aromatic heterocycles. The molecule has 3 nitrogen and oxygen atoms in total. The zero-order valence-electron chi connectivity index (χ0n) is 25.6. The second kappa shape index (κ2) is 13.1. The molecule has 9 aromatic rings. The fourth-order valence-corrected chi connectivity index (χ4v) is 6.13. The molecule has 0 aliphatic rings. The summed E-state index contributed by atoms with van der Waals surface area (Å²) < 4.78 is 6.51. The van der Waals surface area contributed by atoms with Gasteiger partial charge in [0.15, 0.2) is 0 Å². The molecule has 0 atom stereocenters. The van der Waals surface area contributed by atoms with E-state index >= 15 is 0 Å². The van der Waals surface area contributed by atoms with Crippen molar-refractivity contribution in [2.45, 2.75) is 6.92 Å². The van der Waals surface area contributed by atoms with Crippen LogP contribution in [0.25, 0.3) is 77.1 Å². The van der Waals surface area contributed by atoms with Crippen molar-refractivity contribution in [2.75, 3.05) is 0 Å². The number of aryl methyl sites for hydroxylation is 1. The first-order valence-electron chi connectivity index (χ1n) is 15.3. The zero-order chi connectivity index (χ0) is 30.9. The van der Waals surface area contributed by atoms with Crippen molar-refractivity contribution in [1.29, 1.82) is 0 Å². The molecule has 47 heavy (non-hydrogen) atoms. The van der Waals surface area contributed by atoms with Crippen LogP contribution in [0.15, 0.2) is 156 Å². The van der Waals surface area contributed by atoms with Crippen molar-refractivity contribution < 1.29 is 24.5 Å². The van der Waals surface area contributed by atoms with E-state index in [2.05, 4.69) is 115 Å². The standard InChI is InChI=1S/C32H20NO.C11H8N.Ir/c1-20-17-22-8-2-3-9-23(22)18-29(20)24-15-16-33-30(19-24)28-12-6-11-26-27-14-13-21-7-4-5-10-25(21)31(27)34-32(26)28;1-2-6-10(7-3-1)11-8-4-5-9-12-11;/h2-11,13-19H,1H3;1-6,8-9H;/q2*-1;. The van der Waals surface area contributed by atoms with Crippen molar-refractivity contribution in [1.82, 2.24) is 9.97 Å². The summed E-state index contributed by atoms with van der Waals surface area (Å²) in [5.41, 5.74) is 9.09.